The second-order valence-corrected chi connectivity index (χ2v) is 5.75. The zero-order chi connectivity index (χ0) is 15.0. The summed E-state index contributed by atoms with van der Waals surface area (Å²) in [6.45, 7) is 3.62. The average Bonchev–Trinajstić information content (AvgIpc) is 3.04. The monoisotopic (exact) mass is 302 g/mol. The van der Waals surface area contributed by atoms with Crippen molar-refractivity contribution in [3.63, 3.8) is 0 Å². The van der Waals surface area contributed by atoms with Gasteiger partial charge in [-0.15, -0.1) is 11.3 Å². The standard InChI is InChI=1S/C14H14N4O2S/c1-7-6-17-14(20-7)8(2)18-13(19)12-10(15)11-9(21-12)4-3-5-16-11/h3-6,8H,15H2,1-2H3,(H,18,19). The molecule has 1 unspecified atom stereocenters. The number of thiophene rings is 1. The molecule has 0 aliphatic rings. The van der Waals surface area contributed by atoms with Gasteiger partial charge < -0.3 is 15.5 Å². The summed E-state index contributed by atoms with van der Waals surface area (Å²) in [5.74, 6) is 0.925. The van der Waals surface area contributed by atoms with Gasteiger partial charge in [-0.3, -0.25) is 9.78 Å². The van der Waals surface area contributed by atoms with Crippen LogP contribution in [-0.4, -0.2) is 15.9 Å². The van der Waals surface area contributed by atoms with E-state index in [1.807, 2.05) is 19.1 Å². The van der Waals surface area contributed by atoms with Gasteiger partial charge in [-0.1, -0.05) is 0 Å². The molecule has 0 spiro atoms. The molecule has 0 radical (unpaired) electrons. The van der Waals surface area contributed by atoms with Crippen LogP contribution in [0.1, 0.15) is 34.3 Å². The molecule has 21 heavy (non-hydrogen) atoms. The molecule has 3 heterocycles. The summed E-state index contributed by atoms with van der Waals surface area (Å²) in [5.41, 5.74) is 7.07. The van der Waals surface area contributed by atoms with Crippen LogP contribution in [0.25, 0.3) is 10.2 Å². The number of aryl methyl sites for hydroxylation is 1. The van der Waals surface area contributed by atoms with E-state index in [2.05, 4.69) is 15.3 Å². The smallest absolute Gasteiger partial charge is 0.264 e. The Hall–Kier alpha value is -2.41. The van der Waals surface area contributed by atoms with E-state index in [1.165, 1.54) is 11.3 Å². The van der Waals surface area contributed by atoms with Gasteiger partial charge in [0.1, 0.15) is 22.2 Å². The summed E-state index contributed by atoms with van der Waals surface area (Å²) >= 11 is 1.32. The Morgan fingerprint density at radius 1 is 1.48 bits per heavy atom. The van der Waals surface area contributed by atoms with Crippen LogP contribution >= 0.6 is 11.3 Å². The van der Waals surface area contributed by atoms with Gasteiger partial charge in [-0.25, -0.2) is 4.98 Å². The Kier molecular flexibility index (Phi) is 3.34. The Balaban J connectivity index is 1.85. The fraction of sp³-hybridized carbons (Fsp3) is 0.214. The van der Waals surface area contributed by atoms with Crippen molar-refractivity contribution in [2.24, 2.45) is 0 Å². The maximum Gasteiger partial charge on any atom is 0.264 e. The van der Waals surface area contributed by atoms with E-state index in [0.717, 1.165) is 4.70 Å². The number of nitrogens with two attached hydrogens (primary N) is 1. The molecule has 6 nitrogen and oxygen atoms in total. The van der Waals surface area contributed by atoms with Crippen molar-refractivity contribution in [1.82, 2.24) is 15.3 Å². The van der Waals surface area contributed by atoms with E-state index >= 15 is 0 Å². The van der Waals surface area contributed by atoms with Crippen LogP contribution in [0.15, 0.2) is 28.9 Å². The second-order valence-electron chi connectivity index (χ2n) is 4.70. The van der Waals surface area contributed by atoms with Gasteiger partial charge in [0.25, 0.3) is 5.91 Å². The first-order valence-electron chi connectivity index (χ1n) is 6.42. The van der Waals surface area contributed by atoms with Crippen LogP contribution < -0.4 is 11.1 Å². The highest BCUT2D eigenvalue weighted by molar-refractivity contribution is 7.21. The highest BCUT2D eigenvalue weighted by Gasteiger charge is 2.20. The van der Waals surface area contributed by atoms with Gasteiger partial charge in [0.05, 0.1) is 16.6 Å². The third-order valence-electron chi connectivity index (χ3n) is 3.05. The number of oxazole rings is 1. The van der Waals surface area contributed by atoms with Crippen LogP contribution in [0, 0.1) is 6.92 Å². The van der Waals surface area contributed by atoms with Crippen LogP contribution in [-0.2, 0) is 0 Å². The molecule has 1 atom stereocenters. The van der Waals surface area contributed by atoms with Crippen molar-refractivity contribution in [3.8, 4) is 0 Å². The van der Waals surface area contributed by atoms with E-state index in [4.69, 9.17) is 10.2 Å². The summed E-state index contributed by atoms with van der Waals surface area (Å²) < 4.78 is 6.29. The average molecular weight is 302 g/mol. The number of carbonyl (C=O) groups excluding carboxylic acids is 1. The Morgan fingerprint density at radius 3 is 2.95 bits per heavy atom. The van der Waals surface area contributed by atoms with Gasteiger partial charge in [0, 0.05) is 6.20 Å². The summed E-state index contributed by atoms with van der Waals surface area (Å²) in [7, 11) is 0. The lowest BCUT2D eigenvalue weighted by Crippen LogP contribution is -2.26. The predicted octanol–water partition coefficient (Wildman–Crippen LogP) is 2.67. The van der Waals surface area contributed by atoms with Gasteiger partial charge in [-0.2, -0.15) is 0 Å². The van der Waals surface area contributed by atoms with Gasteiger partial charge in [0.2, 0.25) is 5.89 Å². The number of nitrogens with one attached hydrogen (secondary N) is 1. The van der Waals surface area contributed by atoms with Gasteiger partial charge >= 0.3 is 0 Å². The number of hydrogen-bond donors (Lipinski definition) is 2. The minimum Gasteiger partial charge on any atom is -0.444 e. The molecule has 0 aromatic carbocycles. The maximum absolute atomic E-state index is 12.3. The summed E-state index contributed by atoms with van der Waals surface area (Å²) in [5, 5.41) is 2.84. The molecule has 1 amide bonds. The summed E-state index contributed by atoms with van der Waals surface area (Å²) in [4.78, 5) is 21.1. The number of pyridine rings is 1. The van der Waals surface area contributed by atoms with E-state index in [9.17, 15) is 4.79 Å². The molecular weight excluding hydrogens is 288 g/mol. The first-order valence-corrected chi connectivity index (χ1v) is 7.24. The fourth-order valence-corrected chi connectivity index (χ4v) is 3.00. The number of carbonyl (C=O) groups is 1. The lowest BCUT2D eigenvalue weighted by Gasteiger charge is -2.09. The molecule has 0 saturated heterocycles. The van der Waals surface area contributed by atoms with Crippen LogP contribution in [0.5, 0.6) is 0 Å². The number of rotatable bonds is 3. The molecule has 3 rings (SSSR count). The largest absolute Gasteiger partial charge is 0.444 e. The molecular formula is C14H14N4O2S. The van der Waals surface area contributed by atoms with Crippen molar-refractivity contribution < 1.29 is 9.21 Å². The number of anilines is 1. The van der Waals surface area contributed by atoms with Crippen molar-refractivity contribution in [2.75, 3.05) is 5.73 Å². The summed E-state index contributed by atoms with van der Waals surface area (Å²) in [6, 6.07) is 3.38. The molecule has 3 N–H and O–H groups in total. The number of amides is 1. The first kappa shape index (κ1) is 13.6. The number of fused-ring (bicyclic) bond motifs is 1. The molecule has 0 saturated carbocycles. The number of aromatic nitrogens is 2. The molecule has 108 valence electrons. The number of nitrogen functional groups attached to an aromatic ring is 1. The third kappa shape index (κ3) is 2.47. The molecule has 0 fully saturated rings. The molecule has 3 aromatic rings. The van der Waals surface area contributed by atoms with Crippen molar-refractivity contribution in [3.05, 3.63) is 41.1 Å². The maximum atomic E-state index is 12.3. The summed E-state index contributed by atoms with van der Waals surface area (Å²) in [6.07, 6.45) is 3.28. The zero-order valence-electron chi connectivity index (χ0n) is 11.6. The topological polar surface area (TPSA) is 94.0 Å². The normalized spacial score (nSPS) is 12.5. The van der Waals surface area contributed by atoms with E-state index in [0.29, 0.717) is 27.7 Å². The van der Waals surface area contributed by atoms with E-state index in [-0.39, 0.29) is 11.9 Å². The number of nitrogens with zero attached hydrogens (tertiary/aromatic N) is 2. The zero-order valence-corrected chi connectivity index (χ0v) is 12.4. The van der Waals surface area contributed by atoms with Crippen molar-refractivity contribution in [2.45, 2.75) is 19.9 Å². The van der Waals surface area contributed by atoms with Crippen LogP contribution in [0.3, 0.4) is 0 Å². The third-order valence-corrected chi connectivity index (χ3v) is 4.20. The lowest BCUT2D eigenvalue weighted by atomic mass is 10.3. The molecule has 0 aliphatic carbocycles. The van der Waals surface area contributed by atoms with Crippen molar-refractivity contribution in [1.29, 1.82) is 0 Å². The van der Waals surface area contributed by atoms with Crippen LogP contribution in [0.2, 0.25) is 0 Å². The lowest BCUT2D eigenvalue weighted by molar-refractivity contribution is 0.0939. The molecule has 7 heteroatoms. The molecule has 0 aliphatic heterocycles. The highest BCUT2D eigenvalue weighted by atomic mass is 32.1. The van der Waals surface area contributed by atoms with Gasteiger partial charge in [-0.05, 0) is 26.0 Å². The molecule has 3 aromatic heterocycles. The highest BCUT2D eigenvalue weighted by Crippen LogP contribution is 2.32. The SMILES string of the molecule is Cc1cnc(C(C)NC(=O)c2sc3cccnc3c2N)o1. The minimum atomic E-state index is -0.330. The van der Waals surface area contributed by atoms with Gasteiger partial charge in [0.15, 0.2) is 0 Å². The van der Waals surface area contributed by atoms with Crippen molar-refractivity contribution >= 4 is 33.1 Å². The Labute approximate surface area is 125 Å². The van der Waals surface area contributed by atoms with Crippen LogP contribution in [0.4, 0.5) is 5.69 Å². The predicted molar refractivity (Wildman–Crippen MR) is 81.2 cm³/mol. The Morgan fingerprint density at radius 2 is 2.29 bits per heavy atom. The quantitative estimate of drug-likeness (QED) is 0.775. The van der Waals surface area contributed by atoms with E-state index < -0.39 is 0 Å². The molecule has 0 bridgehead atoms. The number of hydrogen-bond acceptors (Lipinski definition) is 6. The van der Waals surface area contributed by atoms with E-state index in [1.54, 1.807) is 19.3 Å². The second kappa shape index (κ2) is 5.17. The fourth-order valence-electron chi connectivity index (χ4n) is 2.01. The Bertz CT molecular complexity index is 808. The minimum absolute atomic E-state index is 0.251. The first-order chi connectivity index (χ1) is 10.1.